The maximum Gasteiger partial charge on any atom is 0.248 e. The second-order valence-corrected chi connectivity index (χ2v) is 7.45. The Bertz CT molecular complexity index is 967. The number of hydrogen-bond acceptors (Lipinski definition) is 4. The molecule has 2 aromatic carbocycles. The van der Waals surface area contributed by atoms with Gasteiger partial charge in [0.15, 0.2) is 5.78 Å². The fourth-order valence-electron chi connectivity index (χ4n) is 3.19. The molecule has 0 radical (unpaired) electrons. The quantitative estimate of drug-likeness (QED) is 0.572. The lowest BCUT2D eigenvalue weighted by Gasteiger charge is -2.20. The van der Waals surface area contributed by atoms with Crippen LogP contribution in [0.15, 0.2) is 42.5 Å². The maximum absolute atomic E-state index is 12.5. The predicted molar refractivity (Wildman–Crippen MR) is 120 cm³/mol. The molecule has 3 amide bonds. The van der Waals surface area contributed by atoms with Gasteiger partial charge in [-0.3, -0.25) is 19.2 Å². The normalized spacial score (nSPS) is 10.4. The summed E-state index contributed by atoms with van der Waals surface area (Å²) in [7, 11) is 0. The number of anilines is 1. The fraction of sp³-hybridized carbons (Fsp3) is 0.333. The van der Waals surface area contributed by atoms with E-state index in [4.69, 9.17) is 5.73 Å². The Kier molecular flexibility index (Phi) is 8.49. The number of amides is 3. The van der Waals surface area contributed by atoms with E-state index in [1.54, 1.807) is 17.0 Å². The van der Waals surface area contributed by atoms with E-state index in [9.17, 15) is 19.2 Å². The number of rotatable bonds is 10. The fourth-order valence-corrected chi connectivity index (χ4v) is 3.19. The number of Topliss-reactive ketones (excluding diaryl/α,β-unsaturated/α-hetero) is 1. The van der Waals surface area contributed by atoms with Crippen molar-refractivity contribution in [2.24, 2.45) is 5.73 Å². The van der Waals surface area contributed by atoms with Gasteiger partial charge in [-0.05, 0) is 56.7 Å². The number of primary amides is 1. The van der Waals surface area contributed by atoms with Crippen LogP contribution in [-0.4, -0.2) is 41.5 Å². The van der Waals surface area contributed by atoms with Gasteiger partial charge in [0.25, 0.3) is 0 Å². The summed E-state index contributed by atoms with van der Waals surface area (Å²) in [6.07, 6.45) is 0.371. The van der Waals surface area contributed by atoms with Gasteiger partial charge in [-0.2, -0.15) is 0 Å². The molecule has 7 nitrogen and oxygen atoms in total. The first-order valence-corrected chi connectivity index (χ1v) is 10.3. The van der Waals surface area contributed by atoms with Crippen LogP contribution in [0.4, 0.5) is 5.69 Å². The highest BCUT2D eigenvalue weighted by Crippen LogP contribution is 2.15. The van der Waals surface area contributed by atoms with Crippen molar-refractivity contribution in [2.75, 3.05) is 18.4 Å². The Morgan fingerprint density at radius 3 is 2.23 bits per heavy atom. The Morgan fingerprint density at radius 1 is 0.935 bits per heavy atom. The standard InChI is InChI=1S/C24H29N3O4/c1-4-27(14-13-22(29)26-19-9-7-18(8-10-19)24(25)31)23(30)12-11-21(28)20-15-16(2)5-6-17(20)3/h5-10,15H,4,11-14H2,1-3H3,(H2,25,31)(H,26,29). The molecular weight excluding hydrogens is 394 g/mol. The zero-order valence-electron chi connectivity index (χ0n) is 18.2. The van der Waals surface area contributed by atoms with E-state index in [0.29, 0.717) is 23.4 Å². The molecule has 3 N–H and O–H groups in total. The lowest BCUT2D eigenvalue weighted by molar-refractivity contribution is -0.131. The van der Waals surface area contributed by atoms with E-state index in [-0.39, 0.29) is 43.4 Å². The average Bonchev–Trinajstić information content (AvgIpc) is 2.74. The number of ketones is 1. The first-order chi connectivity index (χ1) is 14.7. The van der Waals surface area contributed by atoms with Crippen LogP contribution in [0.5, 0.6) is 0 Å². The summed E-state index contributed by atoms with van der Waals surface area (Å²) in [5, 5.41) is 2.73. The van der Waals surface area contributed by atoms with E-state index in [2.05, 4.69) is 5.32 Å². The number of hydrogen-bond donors (Lipinski definition) is 2. The van der Waals surface area contributed by atoms with Crippen LogP contribution in [0, 0.1) is 13.8 Å². The van der Waals surface area contributed by atoms with Crippen LogP contribution in [-0.2, 0) is 9.59 Å². The molecule has 0 bridgehead atoms. The molecule has 0 unspecified atom stereocenters. The highest BCUT2D eigenvalue weighted by Gasteiger charge is 2.17. The molecule has 164 valence electrons. The van der Waals surface area contributed by atoms with Crippen molar-refractivity contribution in [2.45, 2.75) is 40.0 Å². The number of nitrogens with two attached hydrogens (primary N) is 1. The summed E-state index contributed by atoms with van der Waals surface area (Å²) in [6.45, 7) is 6.37. The summed E-state index contributed by atoms with van der Waals surface area (Å²) >= 11 is 0. The molecule has 0 saturated carbocycles. The molecule has 0 saturated heterocycles. The van der Waals surface area contributed by atoms with Gasteiger partial charge in [-0.25, -0.2) is 0 Å². The molecule has 31 heavy (non-hydrogen) atoms. The topological polar surface area (TPSA) is 110 Å². The molecule has 0 spiro atoms. The average molecular weight is 424 g/mol. The number of nitrogens with zero attached hydrogens (tertiary/aromatic N) is 1. The smallest absolute Gasteiger partial charge is 0.248 e. The van der Waals surface area contributed by atoms with Gasteiger partial charge in [0, 0.05) is 49.2 Å². The zero-order valence-corrected chi connectivity index (χ0v) is 18.2. The maximum atomic E-state index is 12.5. The summed E-state index contributed by atoms with van der Waals surface area (Å²) in [5.41, 5.74) is 8.65. The van der Waals surface area contributed by atoms with E-state index in [1.807, 2.05) is 39.0 Å². The zero-order chi connectivity index (χ0) is 23.0. The van der Waals surface area contributed by atoms with E-state index in [1.165, 1.54) is 12.1 Å². The Hall–Kier alpha value is -3.48. The molecule has 0 atom stereocenters. The molecule has 0 fully saturated rings. The van der Waals surface area contributed by atoms with Crippen molar-refractivity contribution in [3.8, 4) is 0 Å². The van der Waals surface area contributed by atoms with Crippen molar-refractivity contribution < 1.29 is 19.2 Å². The molecule has 0 aliphatic carbocycles. The third-order valence-corrected chi connectivity index (χ3v) is 5.06. The van der Waals surface area contributed by atoms with Crippen molar-refractivity contribution in [3.05, 3.63) is 64.7 Å². The van der Waals surface area contributed by atoms with Crippen LogP contribution in [0.25, 0.3) is 0 Å². The molecule has 7 heteroatoms. The molecule has 0 aliphatic heterocycles. The second kappa shape index (κ2) is 11.1. The Labute approximate surface area is 182 Å². The van der Waals surface area contributed by atoms with Gasteiger partial charge in [0.1, 0.15) is 0 Å². The monoisotopic (exact) mass is 423 g/mol. The van der Waals surface area contributed by atoms with Gasteiger partial charge in [-0.1, -0.05) is 17.7 Å². The second-order valence-electron chi connectivity index (χ2n) is 7.45. The Morgan fingerprint density at radius 2 is 1.61 bits per heavy atom. The van der Waals surface area contributed by atoms with Gasteiger partial charge in [0.2, 0.25) is 17.7 Å². The van der Waals surface area contributed by atoms with E-state index >= 15 is 0 Å². The summed E-state index contributed by atoms with van der Waals surface area (Å²) in [6, 6.07) is 12.0. The minimum absolute atomic E-state index is 0.0530. The van der Waals surface area contributed by atoms with E-state index < -0.39 is 5.91 Å². The molecular formula is C24H29N3O4. The lowest BCUT2D eigenvalue weighted by Crippen LogP contribution is -2.33. The van der Waals surface area contributed by atoms with Gasteiger partial charge in [-0.15, -0.1) is 0 Å². The van der Waals surface area contributed by atoms with Crippen LogP contribution < -0.4 is 11.1 Å². The van der Waals surface area contributed by atoms with Crippen molar-refractivity contribution in [3.63, 3.8) is 0 Å². The van der Waals surface area contributed by atoms with Gasteiger partial charge < -0.3 is 16.0 Å². The first-order valence-electron chi connectivity index (χ1n) is 10.3. The minimum Gasteiger partial charge on any atom is -0.366 e. The number of benzene rings is 2. The van der Waals surface area contributed by atoms with Crippen LogP contribution in [0.1, 0.15) is 58.0 Å². The van der Waals surface area contributed by atoms with Crippen LogP contribution in [0.2, 0.25) is 0 Å². The summed E-state index contributed by atoms with van der Waals surface area (Å²) in [5.74, 6) is -0.988. The van der Waals surface area contributed by atoms with Crippen molar-refractivity contribution in [1.29, 1.82) is 0 Å². The number of aryl methyl sites for hydroxylation is 2. The van der Waals surface area contributed by atoms with Crippen molar-refractivity contribution >= 4 is 29.2 Å². The summed E-state index contributed by atoms with van der Waals surface area (Å²) < 4.78 is 0. The Balaban J connectivity index is 1.83. The SMILES string of the molecule is CCN(CCC(=O)Nc1ccc(C(N)=O)cc1)C(=O)CCC(=O)c1cc(C)ccc1C. The third-order valence-electron chi connectivity index (χ3n) is 5.06. The van der Waals surface area contributed by atoms with Gasteiger partial charge >= 0.3 is 0 Å². The highest BCUT2D eigenvalue weighted by molar-refractivity contribution is 5.99. The molecule has 0 heterocycles. The third kappa shape index (κ3) is 7.06. The lowest BCUT2D eigenvalue weighted by atomic mass is 9.99. The summed E-state index contributed by atoms with van der Waals surface area (Å²) in [4.78, 5) is 49.9. The number of nitrogens with one attached hydrogen (secondary N) is 1. The van der Waals surface area contributed by atoms with E-state index in [0.717, 1.165) is 11.1 Å². The van der Waals surface area contributed by atoms with Gasteiger partial charge in [0.05, 0.1) is 0 Å². The molecule has 0 aromatic heterocycles. The minimum atomic E-state index is -0.536. The van der Waals surface area contributed by atoms with Crippen LogP contribution in [0.3, 0.4) is 0 Å². The van der Waals surface area contributed by atoms with Crippen molar-refractivity contribution in [1.82, 2.24) is 4.90 Å². The highest BCUT2D eigenvalue weighted by atomic mass is 16.2. The molecule has 2 aromatic rings. The van der Waals surface area contributed by atoms with Crippen LogP contribution >= 0.6 is 0 Å². The number of carbonyl (C=O) groups is 4. The predicted octanol–water partition coefficient (Wildman–Crippen LogP) is 3.24. The molecule has 2 rings (SSSR count). The number of carbonyl (C=O) groups excluding carboxylic acids is 4. The largest absolute Gasteiger partial charge is 0.366 e. The molecule has 0 aliphatic rings. The first kappa shape index (κ1) is 23.8.